The van der Waals surface area contributed by atoms with Gasteiger partial charge in [-0.2, -0.15) is 0 Å². The molecule has 0 spiro atoms. The van der Waals surface area contributed by atoms with Crippen molar-refractivity contribution in [1.82, 2.24) is 4.98 Å². The van der Waals surface area contributed by atoms with Gasteiger partial charge < -0.3 is 4.90 Å². The van der Waals surface area contributed by atoms with Crippen molar-refractivity contribution < 1.29 is 0 Å². The Morgan fingerprint density at radius 1 is 1.22 bits per heavy atom. The molecule has 98 valence electrons. The van der Waals surface area contributed by atoms with Gasteiger partial charge in [-0.05, 0) is 39.3 Å². The number of pyridine rings is 1. The average Bonchev–Trinajstić information content (AvgIpc) is 2.36. The average molecular weight is 246 g/mol. The Morgan fingerprint density at radius 3 is 2.50 bits per heavy atom. The third-order valence-corrected chi connectivity index (χ3v) is 2.58. The van der Waals surface area contributed by atoms with Crippen LogP contribution in [0.15, 0.2) is 34.5 Å². The topological polar surface area (TPSA) is 40.9 Å². The Morgan fingerprint density at radius 2 is 1.89 bits per heavy atom. The summed E-state index contributed by atoms with van der Waals surface area (Å²) in [4.78, 5) is 14.6. The van der Waals surface area contributed by atoms with E-state index in [0.717, 1.165) is 13.0 Å². The third kappa shape index (κ3) is 5.60. The second-order valence-electron chi connectivity index (χ2n) is 4.72. The van der Waals surface area contributed by atoms with Crippen LogP contribution in [0, 0.1) is 0 Å². The van der Waals surface area contributed by atoms with Crippen LogP contribution in [0.4, 0.5) is 5.69 Å². The highest BCUT2D eigenvalue weighted by atomic mass is 15.1. The highest BCUT2D eigenvalue weighted by molar-refractivity contribution is 5.43. The summed E-state index contributed by atoms with van der Waals surface area (Å²) in [6.07, 6.45) is 4.60. The fourth-order valence-corrected chi connectivity index (χ4v) is 1.42. The van der Waals surface area contributed by atoms with Crippen molar-refractivity contribution in [3.8, 4) is 0 Å². The van der Waals surface area contributed by atoms with Crippen LogP contribution in [-0.4, -0.2) is 36.7 Å². The molecule has 1 unspecified atom stereocenters. The second-order valence-corrected chi connectivity index (χ2v) is 4.72. The molecule has 0 aromatic carbocycles. The van der Waals surface area contributed by atoms with E-state index in [4.69, 9.17) is 0 Å². The van der Waals surface area contributed by atoms with Gasteiger partial charge in [0.2, 0.25) is 0 Å². The second kappa shape index (κ2) is 7.62. The molecule has 1 aromatic rings. The van der Waals surface area contributed by atoms with Crippen molar-refractivity contribution in [3.05, 3.63) is 24.5 Å². The molecule has 0 amide bonds. The van der Waals surface area contributed by atoms with Gasteiger partial charge in [0.15, 0.2) is 0 Å². The van der Waals surface area contributed by atoms with Crippen LogP contribution in [0.5, 0.6) is 0 Å². The number of aliphatic imine (C=N–C) groups is 2. The lowest BCUT2D eigenvalue weighted by Gasteiger charge is -2.19. The van der Waals surface area contributed by atoms with Gasteiger partial charge in [0.25, 0.3) is 0 Å². The molecule has 1 atom stereocenters. The molecule has 0 radical (unpaired) electrons. The summed E-state index contributed by atoms with van der Waals surface area (Å²) < 4.78 is 0. The standard InChI is InChI=1S/C14H22N4/c1-12(2)16-11-17-13(3)7-10-18(4)14-5-8-15-9-6-14/h5-6,8-9,12-13H,7,10H2,1-4H3. The SMILES string of the molecule is CC(C)N=C=NC(C)CCN(C)c1ccncc1. The monoisotopic (exact) mass is 246 g/mol. The lowest BCUT2D eigenvalue weighted by atomic mass is 10.2. The summed E-state index contributed by atoms with van der Waals surface area (Å²) in [7, 11) is 2.08. The van der Waals surface area contributed by atoms with Crippen LogP contribution < -0.4 is 4.90 Å². The fraction of sp³-hybridized carbons (Fsp3) is 0.571. The number of anilines is 1. The first-order chi connectivity index (χ1) is 8.59. The maximum Gasteiger partial charge on any atom is 0.0898 e. The van der Waals surface area contributed by atoms with Crippen molar-refractivity contribution in [2.75, 3.05) is 18.5 Å². The van der Waals surface area contributed by atoms with E-state index in [9.17, 15) is 0 Å². The predicted molar refractivity (Wildman–Crippen MR) is 76.6 cm³/mol. The normalized spacial score (nSPS) is 11.8. The minimum atomic E-state index is 0.247. The van der Waals surface area contributed by atoms with Gasteiger partial charge in [-0.3, -0.25) is 4.98 Å². The van der Waals surface area contributed by atoms with Crippen molar-refractivity contribution >= 4 is 11.7 Å². The third-order valence-electron chi connectivity index (χ3n) is 2.58. The largest absolute Gasteiger partial charge is 0.374 e. The Labute approximate surface area is 109 Å². The van der Waals surface area contributed by atoms with E-state index in [1.54, 1.807) is 0 Å². The summed E-state index contributed by atoms with van der Waals surface area (Å²) in [5.74, 6) is 0. The number of hydrogen-bond acceptors (Lipinski definition) is 4. The molecule has 0 saturated heterocycles. The highest BCUT2D eigenvalue weighted by Crippen LogP contribution is 2.10. The van der Waals surface area contributed by atoms with E-state index in [-0.39, 0.29) is 12.1 Å². The van der Waals surface area contributed by atoms with E-state index >= 15 is 0 Å². The molecular formula is C14H22N4. The molecule has 0 aliphatic carbocycles. The zero-order chi connectivity index (χ0) is 13.4. The lowest BCUT2D eigenvalue weighted by molar-refractivity contribution is 0.662. The van der Waals surface area contributed by atoms with Crippen LogP contribution in [0.25, 0.3) is 0 Å². The minimum Gasteiger partial charge on any atom is -0.374 e. The van der Waals surface area contributed by atoms with Crippen molar-refractivity contribution in [2.45, 2.75) is 39.3 Å². The predicted octanol–water partition coefficient (Wildman–Crippen LogP) is 2.88. The van der Waals surface area contributed by atoms with Crippen LogP contribution in [0.2, 0.25) is 0 Å². The highest BCUT2D eigenvalue weighted by Gasteiger charge is 2.03. The van der Waals surface area contributed by atoms with E-state index in [1.807, 2.05) is 38.4 Å². The fourth-order valence-electron chi connectivity index (χ4n) is 1.42. The first-order valence-corrected chi connectivity index (χ1v) is 6.35. The Hall–Kier alpha value is -1.67. The van der Waals surface area contributed by atoms with Gasteiger partial charge in [-0.25, -0.2) is 9.98 Å². The Balaban J connectivity index is 2.39. The zero-order valence-electron chi connectivity index (χ0n) is 11.7. The Kier molecular flexibility index (Phi) is 6.09. The van der Waals surface area contributed by atoms with Gasteiger partial charge in [-0.1, -0.05) is 0 Å². The quantitative estimate of drug-likeness (QED) is 0.724. The van der Waals surface area contributed by atoms with Gasteiger partial charge >= 0.3 is 0 Å². The van der Waals surface area contributed by atoms with Gasteiger partial charge in [-0.15, -0.1) is 0 Å². The maximum absolute atomic E-state index is 4.27. The van der Waals surface area contributed by atoms with Crippen LogP contribution >= 0.6 is 0 Å². The molecule has 1 rings (SSSR count). The summed E-state index contributed by atoms with van der Waals surface area (Å²) in [6, 6.07) is 7.30. The molecule has 1 aromatic heterocycles. The molecule has 4 nitrogen and oxygen atoms in total. The molecule has 18 heavy (non-hydrogen) atoms. The lowest BCUT2D eigenvalue weighted by Crippen LogP contribution is -2.21. The molecule has 1 heterocycles. The summed E-state index contributed by atoms with van der Waals surface area (Å²) in [6.45, 7) is 7.08. The molecule has 0 fully saturated rings. The zero-order valence-corrected chi connectivity index (χ0v) is 11.7. The van der Waals surface area contributed by atoms with Crippen molar-refractivity contribution in [1.29, 1.82) is 0 Å². The first kappa shape index (κ1) is 14.4. The minimum absolute atomic E-state index is 0.247. The van der Waals surface area contributed by atoms with Crippen LogP contribution in [0.1, 0.15) is 27.2 Å². The van der Waals surface area contributed by atoms with Crippen LogP contribution in [0.3, 0.4) is 0 Å². The molecule has 0 aliphatic heterocycles. The van der Waals surface area contributed by atoms with Crippen molar-refractivity contribution in [3.63, 3.8) is 0 Å². The maximum atomic E-state index is 4.27. The van der Waals surface area contributed by atoms with E-state index in [1.165, 1.54) is 5.69 Å². The summed E-state index contributed by atoms with van der Waals surface area (Å²) in [5.41, 5.74) is 1.18. The molecular weight excluding hydrogens is 224 g/mol. The van der Waals surface area contributed by atoms with E-state index in [0.29, 0.717) is 0 Å². The smallest absolute Gasteiger partial charge is 0.0898 e. The van der Waals surface area contributed by atoms with E-state index < -0.39 is 0 Å². The van der Waals surface area contributed by atoms with Crippen molar-refractivity contribution in [2.24, 2.45) is 9.98 Å². The van der Waals surface area contributed by atoms with Gasteiger partial charge in [0.1, 0.15) is 0 Å². The molecule has 0 aliphatic rings. The summed E-state index contributed by atoms with van der Waals surface area (Å²) >= 11 is 0. The molecule has 0 N–H and O–H groups in total. The molecule has 0 bridgehead atoms. The number of aromatic nitrogens is 1. The van der Waals surface area contributed by atoms with E-state index in [2.05, 4.69) is 39.8 Å². The number of hydrogen-bond donors (Lipinski definition) is 0. The molecule has 4 heteroatoms. The van der Waals surface area contributed by atoms with Gasteiger partial charge in [0, 0.05) is 31.7 Å². The first-order valence-electron chi connectivity index (χ1n) is 6.35. The molecule has 0 saturated carbocycles. The summed E-state index contributed by atoms with van der Waals surface area (Å²) in [5, 5.41) is 0. The van der Waals surface area contributed by atoms with Crippen LogP contribution in [-0.2, 0) is 0 Å². The number of rotatable bonds is 6. The number of nitrogens with zero attached hydrogens (tertiary/aromatic N) is 4. The van der Waals surface area contributed by atoms with Gasteiger partial charge in [0.05, 0.1) is 18.1 Å². The Bertz CT molecular complexity index is 394.